The van der Waals surface area contributed by atoms with Crippen LogP contribution in [0, 0.1) is 5.82 Å². The smallest absolute Gasteiger partial charge is 0.407 e. The first-order valence-corrected chi connectivity index (χ1v) is 9.93. The van der Waals surface area contributed by atoms with Gasteiger partial charge in [0.25, 0.3) is 0 Å². The summed E-state index contributed by atoms with van der Waals surface area (Å²) in [7, 11) is 1.50. The minimum Gasteiger partial charge on any atom is -0.444 e. The standard InChI is InChI=1S/C23H23FN4O3/c1-25-22(29)31-20-14-28(15-20)21(16-6-8-19(24)9-7-16)23(30,17-4-2-10-26-12-17)18-5-3-11-27-13-18/h2-13,20-21,30H,14-15H2,1H3,(H,25,29). The summed E-state index contributed by atoms with van der Waals surface area (Å²) in [6.45, 7) is 0.830. The van der Waals surface area contributed by atoms with Gasteiger partial charge in [0.15, 0.2) is 0 Å². The van der Waals surface area contributed by atoms with Crippen molar-refractivity contribution in [2.45, 2.75) is 17.7 Å². The number of rotatable bonds is 6. The predicted octanol–water partition coefficient (Wildman–Crippen LogP) is 2.63. The zero-order valence-corrected chi connectivity index (χ0v) is 17.0. The molecule has 0 saturated carbocycles. The van der Waals surface area contributed by atoms with Crippen LogP contribution in [-0.2, 0) is 10.3 Å². The second-order valence-corrected chi connectivity index (χ2v) is 7.44. The minimum atomic E-state index is -1.53. The molecule has 7 nitrogen and oxygen atoms in total. The Balaban J connectivity index is 1.78. The van der Waals surface area contributed by atoms with Gasteiger partial charge in [-0.3, -0.25) is 14.9 Å². The maximum atomic E-state index is 13.7. The van der Waals surface area contributed by atoms with Gasteiger partial charge in [0.05, 0.1) is 6.04 Å². The van der Waals surface area contributed by atoms with Crippen LogP contribution in [0.25, 0.3) is 0 Å². The zero-order valence-electron chi connectivity index (χ0n) is 17.0. The van der Waals surface area contributed by atoms with Crippen molar-refractivity contribution < 1.29 is 19.0 Å². The summed E-state index contributed by atoms with van der Waals surface area (Å²) < 4.78 is 19.0. The lowest BCUT2D eigenvalue weighted by Gasteiger charge is -2.49. The number of alkyl carbamates (subject to hydrolysis) is 1. The Labute approximate surface area is 179 Å². The highest BCUT2D eigenvalue weighted by Gasteiger charge is 2.49. The number of pyridine rings is 2. The summed E-state index contributed by atoms with van der Waals surface area (Å²) in [5.74, 6) is -0.363. The highest BCUT2D eigenvalue weighted by Crippen LogP contribution is 2.46. The Morgan fingerprint density at radius 2 is 1.71 bits per heavy atom. The third kappa shape index (κ3) is 4.12. The van der Waals surface area contributed by atoms with Crippen molar-refractivity contribution in [1.29, 1.82) is 0 Å². The van der Waals surface area contributed by atoms with Gasteiger partial charge in [-0.05, 0) is 29.8 Å². The fourth-order valence-electron chi connectivity index (χ4n) is 3.99. The number of nitrogens with one attached hydrogen (secondary N) is 1. The number of hydrogen-bond acceptors (Lipinski definition) is 6. The van der Waals surface area contributed by atoms with Crippen molar-refractivity contribution in [3.05, 3.63) is 95.8 Å². The number of halogens is 1. The second kappa shape index (κ2) is 8.79. The van der Waals surface area contributed by atoms with Gasteiger partial charge in [0.1, 0.15) is 17.5 Å². The van der Waals surface area contributed by atoms with E-state index in [9.17, 15) is 14.3 Å². The average molecular weight is 422 g/mol. The highest BCUT2D eigenvalue weighted by molar-refractivity contribution is 5.67. The van der Waals surface area contributed by atoms with Crippen molar-refractivity contribution in [3.8, 4) is 0 Å². The van der Waals surface area contributed by atoms with Gasteiger partial charge in [-0.1, -0.05) is 24.3 Å². The molecule has 1 saturated heterocycles. The van der Waals surface area contributed by atoms with E-state index in [1.807, 2.05) is 4.90 Å². The molecule has 0 bridgehead atoms. The minimum absolute atomic E-state index is 0.310. The average Bonchev–Trinajstić information content (AvgIpc) is 2.79. The van der Waals surface area contributed by atoms with Crippen LogP contribution in [0.5, 0.6) is 0 Å². The van der Waals surface area contributed by atoms with Crippen molar-refractivity contribution in [2.24, 2.45) is 0 Å². The van der Waals surface area contributed by atoms with Crippen LogP contribution in [0.4, 0.5) is 9.18 Å². The summed E-state index contributed by atoms with van der Waals surface area (Å²) >= 11 is 0. The molecule has 4 rings (SSSR count). The molecule has 31 heavy (non-hydrogen) atoms. The van der Waals surface area contributed by atoms with E-state index in [4.69, 9.17) is 4.74 Å². The highest BCUT2D eigenvalue weighted by atomic mass is 19.1. The molecule has 0 aliphatic carbocycles. The maximum absolute atomic E-state index is 13.7. The van der Waals surface area contributed by atoms with Gasteiger partial charge in [0.2, 0.25) is 0 Å². The fourth-order valence-corrected chi connectivity index (χ4v) is 3.99. The monoisotopic (exact) mass is 422 g/mol. The molecular formula is C23H23FN4O3. The molecule has 3 heterocycles. The molecule has 160 valence electrons. The van der Waals surface area contributed by atoms with Crippen molar-refractivity contribution in [3.63, 3.8) is 0 Å². The van der Waals surface area contributed by atoms with Gasteiger partial charge in [-0.15, -0.1) is 0 Å². The number of ether oxygens (including phenoxy) is 1. The van der Waals surface area contributed by atoms with Gasteiger partial charge < -0.3 is 15.2 Å². The Kier molecular flexibility index (Phi) is 5.92. The predicted molar refractivity (Wildman–Crippen MR) is 112 cm³/mol. The van der Waals surface area contributed by atoms with E-state index in [0.29, 0.717) is 24.2 Å². The van der Waals surface area contributed by atoms with Crippen molar-refractivity contribution in [1.82, 2.24) is 20.2 Å². The van der Waals surface area contributed by atoms with E-state index in [1.165, 1.54) is 19.2 Å². The van der Waals surface area contributed by atoms with E-state index in [-0.39, 0.29) is 11.9 Å². The first-order valence-electron chi connectivity index (χ1n) is 9.93. The summed E-state index contributed by atoms with van der Waals surface area (Å²) in [4.78, 5) is 22.0. The largest absolute Gasteiger partial charge is 0.444 e. The van der Waals surface area contributed by atoms with E-state index < -0.39 is 17.7 Å². The summed E-state index contributed by atoms with van der Waals surface area (Å²) in [5, 5.41) is 14.7. The fraction of sp³-hybridized carbons (Fsp3) is 0.261. The molecule has 1 unspecified atom stereocenters. The van der Waals surface area contributed by atoms with Crippen LogP contribution in [0.1, 0.15) is 22.7 Å². The first-order chi connectivity index (χ1) is 15.0. The molecule has 1 atom stereocenters. The van der Waals surface area contributed by atoms with Crippen LogP contribution in [0.2, 0.25) is 0 Å². The Morgan fingerprint density at radius 1 is 1.13 bits per heavy atom. The summed E-state index contributed by atoms with van der Waals surface area (Å²) in [6, 6.07) is 12.6. The summed E-state index contributed by atoms with van der Waals surface area (Å²) in [6.07, 6.45) is 5.69. The third-order valence-electron chi connectivity index (χ3n) is 5.50. The molecule has 0 radical (unpaired) electrons. The molecule has 8 heteroatoms. The molecule has 0 spiro atoms. The summed E-state index contributed by atoms with van der Waals surface area (Å²) in [5.41, 5.74) is 0.342. The lowest BCUT2D eigenvalue weighted by Crippen LogP contribution is -2.59. The third-order valence-corrected chi connectivity index (χ3v) is 5.50. The van der Waals surface area contributed by atoms with Crippen LogP contribution in [0.15, 0.2) is 73.3 Å². The Morgan fingerprint density at radius 3 is 2.19 bits per heavy atom. The molecule has 2 aromatic heterocycles. The second-order valence-electron chi connectivity index (χ2n) is 7.44. The van der Waals surface area contributed by atoms with E-state index in [0.717, 1.165) is 5.56 Å². The number of aromatic nitrogens is 2. The number of hydrogen-bond donors (Lipinski definition) is 2. The van der Waals surface area contributed by atoms with Crippen LogP contribution in [-0.4, -0.2) is 52.3 Å². The number of likely N-dealkylation sites (tertiary alicyclic amines) is 1. The molecule has 3 aromatic rings. The van der Waals surface area contributed by atoms with Crippen molar-refractivity contribution in [2.75, 3.05) is 20.1 Å². The molecule has 1 amide bonds. The number of nitrogens with zero attached hydrogens (tertiary/aromatic N) is 3. The molecule has 1 aliphatic rings. The Bertz CT molecular complexity index is 973. The number of carbonyl (C=O) groups is 1. The van der Waals surface area contributed by atoms with Gasteiger partial charge in [-0.25, -0.2) is 9.18 Å². The van der Waals surface area contributed by atoms with Gasteiger partial charge in [0, 0.05) is 56.1 Å². The number of carbonyl (C=O) groups excluding carboxylic acids is 1. The van der Waals surface area contributed by atoms with Gasteiger partial charge >= 0.3 is 6.09 Å². The molecular weight excluding hydrogens is 399 g/mol. The van der Waals surface area contributed by atoms with Crippen LogP contribution >= 0.6 is 0 Å². The van der Waals surface area contributed by atoms with E-state index in [1.54, 1.807) is 61.2 Å². The van der Waals surface area contributed by atoms with Crippen LogP contribution < -0.4 is 5.32 Å². The normalized spacial score (nSPS) is 15.7. The van der Waals surface area contributed by atoms with E-state index in [2.05, 4.69) is 15.3 Å². The topological polar surface area (TPSA) is 87.6 Å². The number of amides is 1. The molecule has 2 N–H and O–H groups in total. The maximum Gasteiger partial charge on any atom is 0.407 e. The molecule has 1 aromatic carbocycles. The zero-order chi connectivity index (χ0) is 21.8. The van der Waals surface area contributed by atoms with Crippen molar-refractivity contribution >= 4 is 6.09 Å². The number of benzene rings is 1. The van der Waals surface area contributed by atoms with E-state index >= 15 is 0 Å². The molecule has 1 fully saturated rings. The lowest BCUT2D eigenvalue weighted by atomic mass is 9.76. The Hall–Kier alpha value is -3.36. The SMILES string of the molecule is CNC(=O)OC1CN(C(c2ccc(F)cc2)C(O)(c2cccnc2)c2cccnc2)C1. The lowest BCUT2D eigenvalue weighted by molar-refractivity contribution is -0.0967. The number of aliphatic hydroxyl groups is 1. The van der Waals surface area contributed by atoms with Crippen LogP contribution in [0.3, 0.4) is 0 Å². The first kappa shape index (κ1) is 20.9. The quantitative estimate of drug-likeness (QED) is 0.635. The molecule has 1 aliphatic heterocycles. The van der Waals surface area contributed by atoms with Gasteiger partial charge in [-0.2, -0.15) is 0 Å².